The number of aromatic nitrogens is 3. The molecule has 2 aromatic heterocycles. The average molecular weight is 206 g/mol. The summed E-state index contributed by atoms with van der Waals surface area (Å²) in [7, 11) is 0. The fraction of sp³-hybridized carbons (Fsp3) is 0.400. The van der Waals surface area contributed by atoms with Crippen molar-refractivity contribution < 1.29 is 4.42 Å². The maximum absolute atomic E-state index is 5.09. The Morgan fingerprint density at radius 3 is 3.20 bits per heavy atom. The van der Waals surface area contributed by atoms with Crippen molar-refractivity contribution in [2.45, 2.75) is 19.5 Å². The topological polar surface area (TPSA) is 55.9 Å². The van der Waals surface area contributed by atoms with E-state index in [2.05, 4.69) is 15.4 Å². The molecule has 15 heavy (non-hydrogen) atoms. The largest absolute Gasteiger partial charge is 0.447 e. The van der Waals surface area contributed by atoms with E-state index in [0.717, 1.165) is 31.8 Å². The van der Waals surface area contributed by atoms with Gasteiger partial charge >= 0.3 is 0 Å². The lowest BCUT2D eigenvalue weighted by Gasteiger charge is -2.02. The Balaban J connectivity index is 1.56. The van der Waals surface area contributed by atoms with Gasteiger partial charge in [0.05, 0.1) is 12.7 Å². The van der Waals surface area contributed by atoms with E-state index in [1.54, 1.807) is 12.4 Å². The summed E-state index contributed by atoms with van der Waals surface area (Å²) in [5.74, 6) is 0.870. The molecule has 0 aliphatic rings. The van der Waals surface area contributed by atoms with Crippen LogP contribution in [0.15, 0.2) is 35.5 Å². The summed E-state index contributed by atoms with van der Waals surface area (Å²) in [6.45, 7) is 2.62. The molecule has 0 fully saturated rings. The van der Waals surface area contributed by atoms with Gasteiger partial charge in [-0.05, 0) is 19.0 Å². The van der Waals surface area contributed by atoms with Crippen LogP contribution in [0.4, 0.5) is 0 Å². The molecule has 5 nitrogen and oxygen atoms in total. The third-order valence-corrected chi connectivity index (χ3v) is 2.08. The molecule has 5 heteroatoms. The number of oxazole rings is 1. The standard InChI is InChI=1S/C10H14N4O/c1(5-14-6-2-4-13-14)3-11-7-10-8-12-9-15-10/h2,4,6,8-9,11H,1,3,5,7H2. The fourth-order valence-corrected chi connectivity index (χ4v) is 1.34. The van der Waals surface area contributed by atoms with Gasteiger partial charge in [-0.3, -0.25) is 4.68 Å². The summed E-state index contributed by atoms with van der Waals surface area (Å²) in [4.78, 5) is 3.84. The number of hydrogen-bond acceptors (Lipinski definition) is 4. The van der Waals surface area contributed by atoms with Crippen LogP contribution in [0.5, 0.6) is 0 Å². The number of nitrogens with one attached hydrogen (secondary N) is 1. The molecule has 0 aromatic carbocycles. The Hall–Kier alpha value is -1.62. The second kappa shape index (κ2) is 5.31. The van der Waals surface area contributed by atoms with Gasteiger partial charge in [0.1, 0.15) is 5.76 Å². The van der Waals surface area contributed by atoms with E-state index in [1.165, 1.54) is 6.39 Å². The van der Waals surface area contributed by atoms with Crippen molar-refractivity contribution in [3.05, 3.63) is 36.8 Å². The fourth-order valence-electron chi connectivity index (χ4n) is 1.34. The molecule has 2 rings (SSSR count). The van der Waals surface area contributed by atoms with Crippen molar-refractivity contribution in [3.63, 3.8) is 0 Å². The molecule has 0 saturated carbocycles. The molecule has 80 valence electrons. The minimum atomic E-state index is 0.735. The smallest absolute Gasteiger partial charge is 0.180 e. The number of nitrogens with zero attached hydrogens (tertiary/aromatic N) is 3. The lowest BCUT2D eigenvalue weighted by Crippen LogP contribution is -2.16. The van der Waals surface area contributed by atoms with Crippen molar-refractivity contribution in [1.82, 2.24) is 20.1 Å². The molecule has 0 unspecified atom stereocenters. The maximum atomic E-state index is 5.09. The molecule has 0 aliphatic heterocycles. The normalized spacial score (nSPS) is 10.7. The van der Waals surface area contributed by atoms with Gasteiger partial charge in [0.15, 0.2) is 6.39 Å². The Bertz CT molecular complexity index is 318. The van der Waals surface area contributed by atoms with E-state index in [9.17, 15) is 0 Å². The molecular formula is C10H14N4O. The molecule has 1 N–H and O–H groups in total. The highest BCUT2D eigenvalue weighted by Crippen LogP contribution is 1.95. The minimum absolute atomic E-state index is 0.735. The number of aryl methyl sites for hydroxylation is 1. The maximum Gasteiger partial charge on any atom is 0.180 e. The number of rotatable bonds is 6. The average Bonchev–Trinajstić information content (AvgIpc) is 2.88. The first kappa shape index (κ1) is 9.92. The van der Waals surface area contributed by atoms with Crippen molar-refractivity contribution in [3.8, 4) is 0 Å². The van der Waals surface area contributed by atoms with Crippen LogP contribution in [0.2, 0.25) is 0 Å². The third-order valence-electron chi connectivity index (χ3n) is 2.08. The van der Waals surface area contributed by atoms with Crippen LogP contribution in [-0.2, 0) is 13.1 Å². The molecule has 0 radical (unpaired) electrons. The van der Waals surface area contributed by atoms with Gasteiger partial charge in [0.2, 0.25) is 0 Å². The van der Waals surface area contributed by atoms with Crippen LogP contribution < -0.4 is 5.32 Å². The Morgan fingerprint density at radius 1 is 1.47 bits per heavy atom. The molecule has 0 bridgehead atoms. The van der Waals surface area contributed by atoms with Crippen LogP contribution in [0.3, 0.4) is 0 Å². The Labute approximate surface area is 88.1 Å². The third kappa shape index (κ3) is 3.21. The second-order valence-corrected chi connectivity index (χ2v) is 3.27. The van der Waals surface area contributed by atoms with E-state index < -0.39 is 0 Å². The number of hydrogen-bond donors (Lipinski definition) is 1. The van der Waals surface area contributed by atoms with Gasteiger partial charge in [-0.2, -0.15) is 5.10 Å². The van der Waals surface area contributed by atoms with Crippen LogP contribution in [0.1, 0.15) is 12.2 Å². The Morgan fingerprint density at radius 2 is 2.47 bits per heavy atom. The molecule has 0 spiro atoms. The molecule has 0 atom stereocenters. The van der Waals surface area contributed by atoms with Crippen LogP contribution in [0.25, 0.3) is 0 Å². The van der Waals surface area contributed by atoms with Crippen molar-refractivity contribution >= 4 is 0 Å². The van der Waals surface area contributed by atoms with Gasteiger partial charge in [-0.25, -0.2) is 4.98 Å². The lowest BCUT2D eigenvalue weighted by molar-refractivity contribution is 0.468. The molecule has 2 aromatic rings. The van der Waals surface area contributed by atoms with E-state index >= 15 is 0 Å². The summed E-state index contributed by atoms with van der Waals surface area (Å²) in [5, 5.41) is 7.40. The minimum Gasteiger partial charge on any atom is -0.447 e. The second-order valence-electron chi connectivity index (χ2n) is 3.27. The monoisotopic (exact) mass is 206 g/mol. The molecule has 0 saturated heterocycles. The van der Waals surface area contributed by atoms with Crippen LogP contribution >= 0.6 is 0 Å². The molecule has 0 aliphatic carbocycles. The van der Waals surface area contributed by atoms with Crippen molar-refractivity contribution in [2.75, 3.05) is 6.54 Å². The van der Waals surface area contributed by atoms with Gasteiger partial charge in [-0.15, -0.1) is 0 Å². The van der Waals surface area contributed by atoms with Crippen molar-refractivity contribution in [1.29, 1.82) is 0 Å². The van der Waals surface area contributed by atoms with Gasteiger partial charge in [-0.1, -0.05) is 0 Å². The highest BCUT2D eigenvalue weighted by atomic mass is 16.3. The summed E-state index contributed by atoms with van der Waals surface area (Å²) in [5.41, 5.74) is 0. The summed E-state index contributed by atoms with van der Waals surface area (Å²) in [6.07, 6.45) is 7.98. The van der Waals surface area contributed by atoms with E-state index in [-0.39, 0.29) is 0 Å². The quantitative estimate of drug-likeness (QED) is 0.718. The molecule has 2 heterocycles. The molecule has 0 amide bonds. The summed E-state index contributed by atoms with van der Waals surface area (Å²) >= 11 is 0. The summed E-state index contributed by atoms with van der Waals surface area (Å²) in [6, 6.07) is 1.93. The highest BCUT2D eigenvalue weighted by molar-refractivity contribution is 4.86. The zero-order chi connectivity index (χ0) is 10.3. The van der Waals surface area contributed by atoms with E-state index in [0.29, 0.717) is 0 Å². The first-order chi connectivity index (χ1) is 7.45. The zero-order valence-electron chi connectivity index (χ0n) is 8.47. The zero-order valence-corrected chi connectivity index (χ0v) is 8.47. The van der Waals surface area contributed by atoms with Gasteiger partial charge < -0.3 is 9.73 Å². The van der Waals surface area contributed by atoms with Crippen molar-refractivity contribution in [2.24, 2.45) is 0 Å². The van der Waals surface area contributed by atoms with Gasteiger partial charge in [0.25, 0.3) is 0 Å². The summed E-state index contributed by atoms with van der Waals surface area (Å²) < 4.78 is 7.02. The van der Waals surface area contributed by atoms with Gasteiger partial charge in [0, 0.05) is 18.9 Å². The van der Waals surface area contributed by atoms with Crippen LogP contribution in [-0.4, -0.2) is 21.3 Å². The Kier molecular flexibility index (Phi) is 3.51. The lowest BCUT2D eigenvalue weighted by atomic mass is 10.4. The molecular weight excluding hydrogens is 192 g/mol. The van der Waals surface area contributed by atoms with E-state index in [1.807, 2.05) is 16.9 Å². The highest BCUT2D eigenvalue weighted by Gasteiger charge is 1.95. The predicted octanol–water partition coefficient (Wildman–Crippen LogP) is 1.05. The van der Waals surface area contributed by atoms with Crippen LogP contribution in [0, 0.1) is 0 Å². The van der Waals surface area contributed by atoms with E-state index in [4.69, 9.17) is 4.42 Å². The first-order valence-corrected chi connectivity index (χ1v) is 5.00. The SMILES string of the molecule is c1cnn(CCCNCc2cnco2)c1. The predicted molar refractivity (Wildman–Crippen MR) is 55.1 cm³/mol. The first-order valence-electron chi connectivity index (χ1n) is 5.00.